The van der Waals surface area contributed by atoms with Gasteiger partial charge in [-0.1, -0.05) is 0 Å². The van der Waals surface area contributed by atoms with Crippen molar-refractivity contribution in [3.8, 4) is 0 Å². The Labute approximate surface area is 119 Å². The molecule has 0 aliphatic carbocycles. The minimum atomic E-state index is -0.448. The van der Waals surface area contributed by atoms with Gasteiger partial charge in [0.2, 0.25) is 11.6 Å². The molecule has 0 aliphatic rings. The molecule has 0 saturated carbocycles. The lowest BCUT2D eigenvalue weighted by Crippen LogP contribution is -2.14. The van der Waals surface area contributed by atoms with Crippen molar-refractivity contribution in [1.29, 1.82) is 0 Å². The van der Waals surface area contributed by atoms with Gasteiger partial charge >= 0.3 is 11.1 Å². The normalized spacial score (nSPS) is 10.2. The van der Waals surface area contributed by atoms with Crippen LogP contribution in [0.1, 0.15) is 0 Å². The van der Waals surface area contributed by atoms with Gasteiger partial charge in [0.05, 0.1) is 0 Å². The van der Waals surface area contributed by atoms with Gasteiger partial charge in [-0.2, -0.15) is 18.7 Å². The molecule has 2 rings (SSSR count). The van der Waals surface area contributed by atoms with Gasteiger partial charge < -0.3 is 10.6 Å². The molecule has 100 valence electrons. The Bertz CT molecular complexity index is 640. The summed E-state index contributed by atoms with van der Waals surface area (Å²) in [6.45, 7) is 0. The Hall–Kier alpha value is -1.59. The van der Waals surface area contributed by atoms with Crippen molar-refractivity contribution < 1.29 is 0 Å². The van der Waals surface area contributed by atoms with Crippen LogP contribution in [0.4, 0.5) is 11.6 Å². The second-order valence-electron chi connectivity index (χ2n) is 3.03. The van der Waals surface area contributed by atoms with E-state index in [0.29, 0.717) is 8.68 Å². The van der Waals surface area contributed by atoms with Gasteiger partial charge in [0.15, 0.2) is 8.68 Å². The fourth-order valence-corrected chi connectivity index (χ4v) is 3.51. The van der Waals surface area contributed by atoms with E-state index < -0.39 is 11.1 Å². The third kappa shape index (κ3) is 3.24. The SMILES string of the molecule is CNc1nsc(Sc2nc(=O)c(NC)ns2)nc1=O. The van der Waals surface area contributed by atoms with Crippen molar-refractivity contribution >= 4 is 46.5 Å². The van der Waals surface area contributed by atoms with Crippen LogP contribution in [-0.2, 0) is 0 Å². The van der Waals surface area contributed by atoms with E-state index in [-0.39, 0.29) is 11.6 Å². The van der Waals surface area contributed by atoms with Crippen LogP contribution in [0.25, 0.3) is 0 Å². The summed E-state index contributed by atoms with van der Waals surface area (Å²) in [6.07, 6.45) is 0. The lowest BCUT2D eigenvalue weighted by atomic mass is 10.7. The molecule has 19 heavy (non-hydrogen) atoms. The fraction of sp³-hybridized carbons (Fsp3) is 0.250. The lowest BCUT2D eigenvalue weighted by molar-refractivity contribution is 1.09. The molecular weight excluding hydrogens is 308 g/mol. The molecule has 2 heterocycles. The van der Waals surface area contributed by atoms with Crippen LogP contribution in [-0.4, -0.2) is 32.8 Å². The fourth-order valence-electron chi connectivity index (χ4n) is 1.02. The number of nitrogens with zero attached hydrogens (tertiary/aromatic N) is 4. The molecule has 0 saturated heterocycles. The maximum atomic E-state index is 11.5. The van der Waals surface area contributed by atoms with Crippen molar-refractivity contribution in [2.45, 2.75) is 8.68 Å². The van der Waals surface area contributed by atoms with Crippen molar-refractivity contribution in [1.82, 2.24) is 18.7 Å². The van der Waals surface area contributed by atoms with E-state index in [0.717, 1.165) is 34.8 Å². The second-order valence-corrected chi connectivity index (χ2v) is 6.03. The zero-order chi connectivity index (χ0) is 13.8. The van der Waals surface area contributed by atoms with Crippen LogP contribution in [0.5, 0.6) is 0 Å². The number of hydrogen-bond acceptors (Lipinski definition) is 11. The summed E-state index contributed by atoms with van der Waals surface area (Å²) < 4.78 is 8.72. The van der Waals surface area contributed by atoms with Gasteiger partial charge in [0.25, 0.3) is 0 Å². The van der Waals surface area contributed by atoms with Crippen LogP contribution >= 0.6 is 34.8 Å². The zero-order valence-electron chi connectivity index (χ0n) is 9.83. The molecule has 0 amide bonds. The summed E-state index contributed by atoms with van der Waals surface area (Å²) in [5, 5.41) is 5.28. The Morgan fingerprint density at radius 3 is 1.63 bits per heavy atom. The van der Waals surface area contributed by atoms with E-state index in [1.165, 1.54) is 0 Å². The highest BCUT2D eigenvalue weighted by molar-refractivity contribution is 8.02. The van der Waals surface area contributed by atoms with Crippen LogP contribution in [0.2, 0.25) is 0 Å². The quantitative estimate of drug-likeness (QED) is 0.825. The van der Waals surface area contributed by atoms with Gasteiger partial charge in [-0.05, 0) is 34.8 Å². The molecule has 0 fully saturated rings. The Kier molecular flexibility index (Phi) is 4.39. The van der Waals surface area contributed by atoms with E-state index in [1.807, 2.05) is 0 Å². The van der Waals surface area contributed by atoms with E-state index in [4.69, 9.17) is 0 Å². The summed E-state index contributed by atoms with van der Waals surface area (Å²) in [6, 6.07) is 0. The van der Waals surface area contributed by atoms with Gasteiger partial charge in [-0.15, -0.1) is 0 Å². The smallest absolute Gasteiger partial charge is 0.315 e. The van der Waals surface area contributed by atoms with Crippen LogP contribution in [0.3, 0.4) is 0 Å². The van der Waals surface area contributed by atoms with E-state index in [1.54, 1.807) is 14.1 Å². The molecule has 0 radical (unpaired) electrons. The molecule has 2 aromatic heterocycles. The van der Waals surface area contributed by atoms with E-state index >= 15 is 0 Å². The molecule has 2 N–H and O–H groups in total. The summed E-state index contributed by atoms with van der Waals surface area (Å²) in [5.74, 6) is 0.387. The zero-order valence-corrected chi connectivity index (χ0v) is 12.3. The van der Waals surface area contributed by atoms with Gasteiger partial charge in [0.1, 0.15) is 0 Å². The molecule has 0 spiro atoms. The van der Waals surface area contributed by atoms with E-state index in [9.17, 15) is 9.59 Å². The number of aromatic nitrogens is 4. The largest absolute Gasteiger partial charge is 0.368 e. The Balaban J connectivity index is 2.26. The Morgan fingerprint density at radius 1 is 0.895 bits per heavy atom. The highest BCUT2D eigenvalue weighted by Crippen LogP contribution is 2.27. The molecule has 2 aromatic rings. The molecule has 0 atom stereocenters. The first-order chi connectivity index (χ1) is 9.13. The molecular formula is C8H8N6O2S3. The summed E-state index contributed by atoms with van der Waals surface area (Å²) in [7, 11) is 3.19. The average Bonchev–Trinajstić information content (AvgIpc) is 2.39. The summed E-state index contributed by atoms with van der Waals surface area (Å²) >= 11 is 3.19. The highest BCUT2D eigenvalue weighted by Gasteiger charge is 2.09. The monoisotopic (exact) mass is 316 g/mol. The van der Waals surface area contributed by atoms with Crippen LogP contribution < -0.4 is 21.8 Å². The average molecular weight is 316 g/mol. The lowest BCUT2D eigenvalue weighted by Gasteiger charge is -1.99. The number of hydrogen-bond donors (Lipinski definition) is 2. The molecule has 11 heteroatoms. The first-order valence-corrected chi connectivity index (χ1v) is 7.29. The van der Waals surface area contributed by atoms with Gasteiger partial charge in [-0.25, -0.2) is 0 Å². The topological polar surface area (TPSA) is 110 Å². The highest BCUT2D eigenvalue weighted by atomic mass is 32.2. The minimum absolute atomic E-state index is 0.194. The minimum Gasteiger partial charge on any atom is -0.368 e. The third-order valence-corrected chi connectivity index (χ3v) is 4.39. The maximum Gasteiger partial charge on any atom is 0.315 e. The summed E-state index contributed by atoms with van der Waals surface area (Å²) in [4.78, 5) is 30.6. The van der Waals surface area contributed by atoms with Crippen LogP contribution in [0, 0.1) is 0 Å². The molecule has 0 aromatic carbocycles. The third-order valence-electron chi connectivity index (χ3n) is 1.87. The second kappa shape index (κ2) is 6.04. The first kappa shape index (κ1) is 13.8. The number of nitrogens with one attached hydrogen (secondary N) is 2. The standard InChI is InChI=1S/C8H8N6O2S3/c1-9-3-5(15)11-7(18-13-3)17-8-12-6(16)4(10-2)14-19-8/h1-2H3,(H,9,13)(H,10,14). The van der Waals surface area contributed by atoms with Crippen molar-refractivity contribution in [2.75, 3.05) is 24.7 Å². The number of rotatable bonds is 4. The number of anilines is 2. The predicted octanol–water partition coefficient (Wildman–Crippen LogP) is 0.345. The van der Waals surface area contributed by atoms with Crippen LogP contribution in [0.15, 0.2) is 18.3 Å². The summed E-state index contributed by atoms with van der Waals surface area (Å²) in [5.41, 5.74) is -0.896. The van der Waals surface area contributed by atoms with Gasteiger partial charge in [0, 0.05) is 14.1 Å². The molecule has 0 aliphatic heterocycles. The predicted molar refractivity (Wildman–Crippen MR) is 75.6 cm³/mol. The maximum absolute atomic E-state index is 11.5. The van der Waals surface area contributed by atoms with Crippen molar-refractivity contribution in [3.05, 3.63) is 20.7 Å². The first-order valence-electron chi connectivity index (χ1n) is 4.93. The van der Waals surface area contributed by atoms with Gasteiger partial charge in [-0.3, -0.25) is 9.59 Å². The van der Waals surface area contributed by atoms with Crippen molar-refractivity contribution in [2.24, 2.45) is 0 Å². The van der Waals surface area contributed by atoms with E-state index in [2.05, 4.69) is 29.3 Å². The molecule has 0 bridgehead atoms. The Morgan fingerprint density at radius 2 is 1.32 bits per heavy atom. The molecule has 0 unspecified atom stereocenters. The van der Waals surface area contributed by atoms with Crippen molar-refractivity contribution in [3.63, 3.8) is 0 Å². The molecule has 8 nitrogen and oxygen atoms in total.